The molecule has 1 aromatic rings. The van der Waals surface area contributed by atoms with E-state index in [-0.39, 0.29) is 5.84 Å². The van der Waals surface area contributed by atoms with E-state index in [0.717, 1.165) is 11.3 Å². The molecule has 0 aromatic carbocycles. The molecule has 1 aliphatic rings. The van der Waals surface area contributed by atoms with E-state index >= 15 is 0 Å². The van der Waals surface area contributed by atoms with Gasteiger partial charge in [0.05, 0.1) is 11.3 Å². The zero-order chi connectivity index (χ0) is 15.8. The number of sulfone groups is 1. The van der Waals surface area contributed by atoms with Crippen LogP contribution in [0.15, 0.2) is 0 Å². The van der Waals surface area contributed by atoms with Gasteiger partial charge in [0.25, 0.3) is 0 Å². The van der Waals surface area contributed by atoms with E-state index in [1.54, 1.807) is 23.6 Å². The number of rotatable bonds is 3. The third kappa shape index (κ3) is 3.13. The summed E-state index contributed by atoms with van der Waals surface area (Å²) in [6, 6.07) is 0. The highest BCUT2D eigenvalue weighted by atomic mass is 32.2. The predicted molar refractivity (Wildman–Crippen MR) is 85.8 cm³/mol. The Hall–Kier alpha value is -1.35. The predicted octanol–water partition coefficient (Wildman–Crippen LogP) is 0.301. The molecule has 3 N–H and O–H groups in total. The number of hydrogen-bond acceptors (Lipinski definition) is 7. The number of aromatic nitrogens is 2. The number of nitrogens with zero attached hydrogens (tertiary/aromatic N) is 3. The number of nitrogens with one attached hydrogen (secondary N) is 1. The molecule has 1 fully saturated rings. The molecule has 1 aliphatic heterocycles. The molecule has 2 rings (SSSR count). The third-order valence-electron chi connectivity index (χ3n) is 3.56. The van der Waals surface area contributed by atoms with E-state index in [9.17, 15) is 8.42 Å². The van der Waals surface area contributed by atoms with Crippen molar-refractivity contribution in [3.8, 4) is 0 Å². The zero-order valence-electron chi connectivity index (χ0n) is 12.3. The highest BCUT2D eigenvalue weighted by Crippen LogP contribution is 2.29. The second kappa shape index (κ2) is 5.80. The van der Waals surface area contributed by atoms with Crippen LogP contribution in [0.3, 0.4) is 0 Å². The fourth-order valence-corrected chi connectivity index (χ4v) is 5.12. The topological polar surface area (TPSA) is 113 Å². The number of aryl methyl sites for hydroxylation is 1. The monoisotopic (exact) mass is 329 g/mol. The van der Waals surface area contributed by atoms with Crippen molar-refractivity contribution in [1.82, 2.24) is 10.2 Å². The quantitative estimate of drug-likeness (QED) is 0.605. The van der Waals surface area contributed by atoms with Gasteiger partial charge >= 0.3 is 0 Å². The molecule has 0 amide bonds. The normalized spacial score (nSPS) is 19.6. The maximum absolute atomic E-state index is 12.0. The van der Waals surface area contributed by atoms with Crippen LogP contribution in [0.5, 0.6) is 0 Å². The van der Waals surface area contributed by atoms with Gasteiger partial charge in [-0.3, -0.25) is 5.41 Å². The molecular weight excluding hydrogens is 310 g/mol. The van der Waals surface area contributed by atoms with E-state index in [1.165, 1.54) is 6.26 Å². The molecule has 0 radical (unpaired) electrons. The van der Waals surface area contributed by atoms with Gasteiger partial charge < -0.3 is 10.6 Å². The summed E-state index contributed by atoms with van der Waals surface area (Å²) in [5, 5.41) is 15.3. The van der Waals surface area contributed by atoms with Crippen molar-refractivity contribution < 1.29 is 8.42 Å². The molecule has 1 atom stereocenters. The molecule has 0 saturated carbocycles. The van der Waals surface area contributed by atoms with Gasteiger partial charge in [0.15, 0.2) is 15.7 Å². The number of amidine groups is 1. The lowest BCUT2D eigenvalue weighted by Gasteiger charge is -2.35. The van der Waals surface area contributed by atoms with Crippen LogP contribution in [0, 0.1) is 19.3 Å². The summed E-state index contributed by atoms with van der Waals surface area (Å²) >= 11 is 1.60. The number of thioether (sulfide) groups is 1. The highest BCUT2D eigenvalue weighted by Gasteiger charge is 2.34. The van der Waals surface area contributed by atoms with Gasteiger partial charge in [-0.15, -0.1) is 5.10 Å². The number of nitrogen functional groups attached to an aromatic ring is 1. The van der Waals surface area contributed by atoms with Gasteiger partial charge in [0, 0.05) is 24.3 Å². The molecule has 7 nitrogen and oxygen atoms in total. The van der Waals surface area contributed by atoms with Gasteiger partial charge in [0.1, 0.15) is 11.2 Å². The lowest BCUT2D eigenvalue weighted by Crippen LogP contribution is -2.48. The average Bonchev–Trinajstić information content (AvgIpc) is 2.40. The van der Waals surface area contributed by atoms with Crippen LogP contribution >= 0.6 is 11.8 Å². The summed E-state index contributed by atoms with van der Waals surface area (Å²) < 4.78 is 24.0. The zero-order valence-corrected chi connectivity index (χ0v) is 13.9. The van der Waals surface area contributed by atoms with E-state index in [1.807, 2.05) is 6.92 Å². The Kier molecular flexibility index (Phi) is 4.43. The lowest BCUT2D eigenvalue weighted by atomic mass is 10.1. The average molecular weight is 329 g/mol. The Morgan fingerprint density at radius 1 is 1.43 bits per heavy atom. The molecule has 0 bridgehead atoms. The third-order valence-corrected chi connectivity index (χ3v) is 6.20. The minimum atomic E-state index is -3.26. The van der Waals surface area contributed by atoms with Gasteiger partial charge in [-0.1, -0.05) is 0 Å². The van der Waals surface area contributed by atoms with Crippen molar-refractivity contribution in [2.45, 2.75) is 19.2 Å². The van der Waals surface area contributed by atoms with Crippen LogP contribution in [0.1, 0.15) is 16.8 Å². The fourth-order valence-electron chi connectivity index (χ4n) is 2.30. The summed E-state index contributed by atoms with van der Waals surface area (Å²) in [7, 11) is -3.26. The first-order chi connectivity index (χ1) is 9.73. The Balaban J connectivity index is 2.59. The Labute approximate surface area is 128 Å². The van der Waals surface area contributed by atoms with Crippen molar-refractivity contribution >= 4 is 33.3 Å². The van der Waals surface area contributed by atoms with Crippen LogP contribution in [-0.2, 0) is 9.84 Å². The van der Waals surface area contributed by atoms with Crippen LogP contribution in [-0.4, -0.2) is 54.1 Å². The van der Waals surface area contributed by atoms with Crippen LogP contribution in [0.4, 0.5) is 5.82 Å². The summed E-state index contributed by atoms with van der Waals surface area (Å²) in [6.07, 6.45) is 1.22. The number of anilines is 1. The largest absolute Gasteiger partial charge is 0.384 e. The SMILES string of the molecule is Cc1nnc(N2CCSCC2S(C)(=O)=O)c(C(=N)N)c1C. The van der Waals surface area contributed by atoms with E-state index in [2.05, 4.69) is 10.2 Å². The summed E-state index contributed by atoms with van der Waals surface area (Å²) in [5.74, 6) is 1.55. The second-order valence-corrected chi connectivity index (χ2v) is 8.43. The van der Waals surface area contributed by atoms with Crippen LogP contribution in [0.25, 0.3) is 0 Å². The minimum absolute atomic E-state index is 0.119. The second-order valence-electron chi connectivity index (χ2n) is 5.08. The molecule has 21 heavy (non-hydrogen) atoms. The summed E-state index contributed by atoms with van der Waals surface area (Å²) in [5.41, 5.74) is 7.60. The van der Waals surface area contributed by atoms with Crippen molar-refractivity contribution in [2.75, 3.05) is 29.2 Å². The smallest absolute Gasteiger partial charge is 0.169 e. The van der Waals surface area contributed by atoms with Crippen molar-refractivity contribution in [2.24, 2.45) is 5.73 Å². The maximum atomic E-state index is 12.0. The number of hydrogen-bond donors (Lipinski definition) is 2. The molecule has 116 valence electrons. The van der Waals surface area contributed by atoms with Gasteiger partial charge in [-0.25, -0.2) is 8.42 Å². The molecule has 1 unspecified atom stereocenters. The molecule has 0 spiro atoms. The van der Waals surface area contributed by atoms with Gasteiger partial charge in [-0.05, 0) is 19.4 Å². The molecule has 9 heteroatoms. The first kappa shape index (κ1) is 16.0. The molecule has 1 aromatic heterocycles. The lowest BCUT2D eigenvalue weighted by molar-refractivity contribution is 0.583. The van der Waals surface area contributed by atoms with Crippen LogP contribution in [0.2, 0.25) is 0 Å². The Morgan fingerprint density at radius 2 is 2.10 bits per heavy atom. The van der Waals surface area contributed by atoms with Crippen molar-refractivity contribution in [3.05, 3.63) is 16.8 Å². The first-order valence-corrected chi connectivity index (χ1v) is 9.56. The molecule has 1 saturated heterocycles. The maximum Gasteiger partial charge on any atom is 0.169 e. The van der Waals surface area contributed by atoms with Crippen molar-refractivity contribution in [1.29, 1.82) is 5.41 Å². The van der Waals surface area contributed by atoms with Crippen molar-refractivity contribution in [3.63, 3.8) is 0 Å². The van der Waals surface area contributed by atoms with E-state index < -0.39 is 15.2 Å². The molecular formula is C12H19N5O2S2. The number of nitrogens with two attached hydrogens (primary N) is 1. The Bertz CT molecular complexity index is 674. The van der Waals surface area contributed by atoms with Gasteiger partial charge in [0.2, 0.25) is 0 Å². The highest BCUT2D eigenvalue weighted by molar-refractivity contribution is 8.01. The standard InChI is InChI=1S/C12H19N5O2S2/c1-7-8(2)15-16-12(10(7)11(13)14)17-4-5-20-6-9(17)21(3,18)19/h9H,4-6H2,1-3H3,(H3,13,14). The Morgan fingerprint density at radius 3 is 2.67 bits per heavy atom. The van der Waals surface area contributed by atoms with E-state index in [4.69, 9.17) is 11.1 Å². The first-order valence-electron chi connectivity index (χ1n) is 6.45. The van der Waals surface area contributed by atoms with Crippen LogP contribution < -0.4 is 10.6 Å². The summed E-state index contributed by atoms with van der Waals surface area (Å²) in [4.78, 5) is 1.71. The van der Waals surface area contributed by atoms with Gasteiger partial charge in [-0.2, -0.15) is 16.9 Å². The summed E-state index contributed by atoms with van der Waals surface area (Å²) in [6.45, 7) is 4.15. The molecule has 0 aliphatic carbocycles. The minimum Gasteiger partial charge on any atom is -0.384 e. The molecule has 2 heterocycles. The fraction of sp³-hybridized carbons (Fsp3) is 0.583. The van der Waals surface area contributed by atoms with E-state index in [0.29, 0.717) is 29.4 Å².